The van der Waals surface area contributed by atoms with Crippen LogP contribution in [-0.2, 0) is 15.1 Å². The molecule has 1 aromatic heterocycles. The summed E-state index contributed by atoms with van der Waals surface area (Å²) in [5.41, 5.74) is 0.139. The number of nitrogens with zero attached hydrogens (tertiary/aromatic N) is 4. The van der Waals surface area contributed by atoms with Crippen molar-refractivity contribution in [2.75, 3.05) is 20.5 Å². The third kappa shape index (κ3) is 3.34. The van der Waals surface area contributed by atoms with Crippen LogP contribution in [0.4, 0.5) is 0 Å². The first-order valence-corrected chi connectivity index (χ1v) is 9.10. The maximum absolute atomic E-state index is 12.3. The van der Waals surface area contributed by atoms with Gasteiger partial charge in [0.1, 0.15) is 12.1 Å². The summed E-state index contributed by atoms with van der Waals surface area (Å²) in [6.45, 7) is 2.43. The van der Waals surface area contributed by atoms with Crippen LogP contribution in [0.25, 0.3) is 5.69 Å². The minimum absolute atomic E-state index is 0.00287. The lowest BCUT2D eigenvalue weighted by molar-refractivity contribution is -0.127. The van der Waals surface area contributed by atoms with Crippen LogP contribution < -0.4 is 14.8 Å². The number of ether oxygens (including phenoxy) is 3. The van der Waals surface area contributed by atoms with Crippen molar-refractivity contribution in [2.45, 2.75) is 38.1 Å². The Labute approximate surface area is 157 Å². The molecule has 0 bridgehead atoms. The van der Waals surface area contributed by atoms with Gasteiger partial charge in [-0.25, -0.2) is 0 Å². The van der Waals surface area contributed by atoms with Gasteiger partial charge in [0.05, 0.1) is 5.69 Å². The molecule has 2 aromatic rings. The largest absolute Gasteiger partial charge is 0.454 e. The average molecular weight is 373 g/mol. The zero-order chi connectivity index (χ0) is 18.9. The molecular formula is C18H23N5O4. The topological polar surface area (TPSA) is 100 Å². The number of nitrogens with one attached hydrogen (secondary N) is 1. The Kier molecular flexibility index (Phi) is 4.69. The first-order chi connectivity index (χ1) is 13.1. The Morgan fingerprint density at radius 3 is 2.89 bits per heavy atom. The van der Waals surface area contributed by atoms with Crippen LogP contribution >= 0.6 is 0 Å². The summed E-state index contributed by atoms with van der Waals surface area (Å²) in [5.74, 6) is 2.41. The first kappa shape index (κ1) is 17.7. The molecule has 2 heterocycles. The van der Waals surface area contributed by atoms with Crippen LogP contribution in [0.3, 0.4) is 0 Å². The minimum atomic E-state index is -0.623. The van der Waals surface area contributed by atoms with E-state index in [-0.39, 0.29) is 19.3 Å². The van der Waals surface area contributed by atoms with Gasteiger partial charge in [-0.1, -0.05) is 6.92 Å². The lowest BCUT2D eigenvalue weighted by Crippen LogP contribution is -2.50. The van der Waals surface area contributed by atoms with Crippen molar-refractivity contribution in [2.24, 2.45) is 5.92 Å². The Bertz CT molecular complexity index is 829. The average Bonchev–Trinajstić information content (AvgIpc) is 3.32. The second kappa shape index (κ2) is 7.15. The fourth-order valence-electron chi connectivity index (χ4n) is 3.77. The van der Waals surface area contributed by atoms with Crippen molar-refractivity contribution in [3.05, 3.63) is 24.0 Å². The van der Waals surface area contributed by atoms with E-state index >= 15 is 0 Å². The standard InChI is InChI=1S/C18H23N5O4/c1-12-5-7-18(8-6-12,19-16(24)10-25-2)17-20-21-22-23(17)13-3-4-14-15(9-13)27-11-26-14/h3-4,9,12H,5-8,10-11H2,1-2H3,(H,19,24). The van der Waals surface area contributed by atoms with E-state index in [9.17, 15) is 4.79 Å². The molecule has 27 heavy (non-hydrogen) atoms. The maximum atomic E-state index is 12.3. The molecule has 1 fully saturated rings. The Hall–Kier alpha value is -2.68. The normalized spacial score (nSPS) is 24.0. The Morgan fingerprint density at radius 1 is 1.33 bits per heavy atom. The number of carbonyl (C=O) groups is 1. The second-order valence-corrected chi connectivity index (χ2v) is 7.20. The van der Waals surface area contributed by atoms with Crippen LogP contribution in [0.2, 0.25) is 0 Å². The molecule has 1 aliphatic carbocycles. The van der Waals surface area contributed by atoms with Crippen LogP contribution in [-0.4, -0.2) is 46.6 Å². The van der Waals surface area contributed by atoms with Gasteiger partial charge in [-0.2, -0.15) is 4.68 Å². The van der Waals surface area contributed by atoms with Crippen molar-refractivity contribution in [3.8, 4) is 17.2 Å². The highest BCUT2D eigenvalue weighted by Crippen LogP contribution is 2.40. The molecular weight excluding hydrogens is 350 g/mol. The van der Waals surface area contributed by atoms with Crippen LogP contribution in [0.15, 0.2) is 18.2 Å². The molecule has 1 amide bonds. The summed E-state index contributed by atoms with van der Waals surface area (Å²) >= 11 is 0. The smallest absolute Gasteiger partial charge is 0.246 e. The number of rotatable bonds is 5. The Balaban J connectivity index is 1.71. The highest BCUT2D eigenvalue weighted by Gasteiger charge is 2.42. The van der Waals surface area contributed by atoms with Crippen molar-refractivity contribution in [1.82, 2.24) is 25.5 Å². The number of fused-ring (bicyclic) bond motifs is 1. The van der Waals surface area contributed by atoms with E-state index < -0.39 is 5.54 Å². The minimum Gasteiger partial charge on any atom is -0.454 e. The van der Waals surface area contributed by atoms with Gasteiger partial charge in [-0.05, 0) is 54.2 Å². The summed E-state index contributed by atoms with van der Waals surface area (Å²) in [6.07, 6.45) is 3.52. The molecule has 2 aliphatic rings. The summed E-state index contributed by atoms with van der Waals surface area (Å²) in [6, 6.07) is 5.56. The van der Waals surface area contributed by atoms with E-state index in [1.165, 1.54) is 7.11 Å². The molecule has 1 aromatic carbocycles. The quantitative estimate of drug-likeness (QED) is 0.849. The SMILES string of the molecule is COCC(=O)NC1(c2nnnn2-c2ccc3c(c2)OCO3)CCC(C)CC1. The number of methoxy groups -OCH3 is 1. The third-order valence-electron chi connectivity index (χ3n) is 5.28. The summed E-state index contributed by atoms with van der Waals surface area (Å²) < 4.78 is 17.5. The van der Waals surface area contributed by atoms with Gasteiger partial charge in [0, 0.05) is 13.2 Å². The summed E-state index contributed by atoms with van der Waals surface area (Å²) in [4.78, 5) is 12.3. The molecule has 0 radical (unpaired) electrons. The number of amides is 1. The van der Waals surface area contributed by atoms with Crippen LogP contribution in [0.5, 0.6) is 11.5 Å². The van der Waals surface area contributed by atoms with E-state index in [0.29, 0.717) is 23.2 Å². The van der Waals surface area contributed by atoms with Crippen molar-refractivity contribution in [3.63, 3.8) is 0 Å². The zero-order valence-corrected chi connectivity index (χ0v) is 15.5. The summed E-state index contributed by atoms with van der Waals surface area (Å²) in [7, 11) is 1.51. The predicted molar refractivity (Wildman–Crippen MR) is 94.6 cm³/mol. The van der Waals surface area contributed by atoms with Gasteiger partial charge in [-0.3, -0.25) is 4.79 Å². The van der Waals surface area contributed by atoms with Crippen molar-refractivity contribution < 1.29 is 19.0 Å². The maximum Gasteiger partial charge on any atom is 0.246 e. The van der Waals surface area contributed by atoms with Crippen LogP contribution in [0, 0.1) is 5.92 Å². The van der Waals surface area contributed by atoms with Gasteiger partial charge in [-0.15, -0.1) is 5.10 Å². The van der Waals surface area contributed by atoms with Gasteiger partial charge in [0.15, 0.2) is 17.3 Å². The number of benzene rings is 1. The molecule has 1 N–H and O–H groups in total. The highest BCUT2D eigenvalue weighted by atomic mass is 16.7. The van der Waals surface area contributed by atoms with E-state index in [1.54, 1.807) is 4.68 Å². The van der Waals surface area contributed by atoms with E-state index in [4.69, 9.17) is 14.2 Å². The third-order valence-corrected chi connectivity index (χ3v) is 5.28. The molecule has 0 spiro atoms. The highest BCUT2D eigenvalue weighted by molar-refractivity contribution is 5.78. The van der Waals surface area contributed by atoms with Crippen molar-refractivity contribution in [1.29, 1.82) is 0 Å². The van der Waals surface area contributed by atoms with E-state index in [1.807, 2.05) is 18.2 Å². The van der Waals surface area contributed by atoms with Gasteiger partial charge in [0.2, 0.25) is 12.7 Å². The number of aromatic nitrogens is 4. The van der Waals surface area contributed by atoms with E-state index in [2.05, 4.69) is 27.8 Å². The fourth-order valence-corrected chi connectivity index (χ4v) is 3.77. The second-order valence-electron chi connectivity index (χ2n) is 7.20. The lowest BCUT2D eigenvalue weighted by atomic mass is 9.76. The molecule has 0 saturated heterocycles. The molecule has 9 nitrogen and oxygen atoms in total. The molecule has 0 unspecified atom stereocenters. The first-order valence-electron chi connectivity index (χ1n) is 9.10. The monoisotopic (exact) mass is 373 g/mol. The molecule has 4 rings (SSSR count). The summed E-state index contributed by atoms with van der Waals surface area (Å²) in [5, 5.41) is 15.5. The molecule has 9 heteroatoms. The zero-order valence-electron chi connectivity index (χ0n) is 15.5. The lowest BCUT2D eigenvalue weighted by Gasteiger charge is -2.38. The van der Waals surface area contributed by atoms with Gasteiger partial charge < -0.3 is 19.5 Å². The molecule has 0 atom stereocenters. The number of hydrogen-bond donors (Lipinski definition) is 1. The van der Waals surface area contributed by atoms with Crippen LogP contribution in [0.1, 0.15) is 38.4 Å². The molecule has 144 valence electrons. The molecule has 1 aliphatic heterocycles. The van der Waals surface area contributed by atoms with Gasteiger partial charge in [0.25, 0.3) is 0 Å². The number of hydrogen-bond acceptors (Lipinski definition) is 7. The fraction of sp³-hybridized carbons (Fsp3) is 0.556. The number of tetrazole rings is 1. The molecule has 1 saturated carbocycles. The van der Waals surface area contributed by atoms with E-state index in [0.717, 1.165) is 31.4 Å². The van der Waals surface area contributed by atoms with Gasteiger partial charge >= 0.3 is 0 Å². The Morgan fingerprint density at radius 2 is 2.11 bits per heavy atom. The predicted octanol–water partition coefficient (Wildman–Crippen LogP) is 1.56. The van der Waals surface area contributed by atoms with Crippen molar-refractivity contribution >= 4 is 5.91 Å². The number of carbonyl (C=O) groups excluding carboxylic acids is 1.